The second kappa shape index (κ2) is 6.25. The average molecular weight is 264 g/mol. The van der Waals surface area contributed by atoms with Crippen LogP contribution in [0.1, 0.15) is 57.8 Å². The molecule has 2 atom stereocenters. The zero-order valence-corrected chi connectivity index (χ0v) is 12.1. The Morgan fingerprint density at radius 3 is 2.79 bits per heavy atom. The predicted molar refractivity (Wildman–Crippen MR) is 76.9 cm³/mol. The van der Waals surface area contributed by atoms with Crippen molar-refractivity contribution in [1.82, 2.24) is 10.2 Å². The van der Waals surface area contributed by atoms with Crippen molar-refractivity contribution in [3.63, 3.8) is 0 Å². The number of nitrogens with one attached hydrogen (secondary N) is 1. The van der Waals surface area contributed by atoms with Crippen molar-refractivity contribution in [2.75, 3.05) is 19.6 Å². The van der Waals surface area contributed by atoms with Crippen molar-refractivity contribution >= 4 is 5.91 Å². The van der Waals surface area contributed by atoms with Crippen LogP contribution in [0.25, 0.3) is 0 Å². The van der Waals surface area contributed by atoms with Crippen LogP contribution in [-0.4, -0.2) is 36.5 Å². The Bertz CT molecular complexity index is 312. The Morgan fingerprint density at radius 1 is 1.11 bits per heavy atom. The van der Waals surface area contributed by atoms with Crippen LogP contribution >= 0.6 is 0 Å². The van der Waals surface area contributed by atoms with E-state index in [4.69, 9.17) is 0 Å². The van der Waals surface area contributed by atoms with Gasteiger partial charge < -0.3 is 10.2 Å². The molecule has 3 fully saturated rings. The van der Waals surface area contributed by atoms with E-state index >= 15 is 0 Å². The summed E-state index contributed by atoms with van der Waals surface area (Å²) in [6.07, 6.45) is 11.3. The molecule has 2 unspecified atom stereocenters. The molecule has 0 aromatic carbocycles. The van der Waals surface area contributed by atoms with Crippen LogP contribution in [0.15, 0.2) is 0 Å². The molecule has 0 radical (unpaired) electrons. The molecule has 0 aromatic heterocycles. The number of rotatable bonds is 3. The number of carbonyl (C=O) groups is 1. The van der Waals surface area contributed by atoms with Crippen molar-refractivity contribution in [1.29, 1.82) is 0 Å². The predicted octanol–water partition coefficient (Wildman–Crippen LogP) is 2.56. The molecule has 1 saturated carbocycles. The lowest BCUT2D eigenvalue weighted by Gasteiger charge is -2.35. The standard InChI is InChI=1S/C16H28N2O/c19-16(7-6-13-4-2-1-3-5-13)18-11-9-15-14(12-18)8-10-17-15/h13-15,17H,1-12H2. The first-order valence-electron chi connectivity index (χ1n) is 8.34. The molecular weight excluding hydrogens is 236 g/mol. The van der Waals surface area contributed by atoms with Crippen LogP contribution in [0.3, 0.4) is 0 Å². The third-order valence-electron chi connectivity index (χ3n) is 5.50. The van der Waals surface area contributed by atoms with Gasteiger partial charge in [0.05, 0.1) is 0 Å². The summed E-state index contributed by atoms with van der Waals surface area (Å²) >= 11 is 0. The Hall–Kier alpha value is -0.570. The van der Waals surface area contributed by atoms with Crippen molar-refractivity contribution in [3.05, 3.63) is 0 Å². The van der Waals surface area contributed by atoms with Crippen LogP contribution in [0.2, 0.25) is 0 Å². The van der Waals surface area contributed by atoms with Crippen molar-refractivity contribution in [2.24, 2.45) is 11.8 Å². The molecule has 1 amide bonds. The molecule has 108 valence electrons. The average Bonchev–Trinajstić information content (AvgIpc) is 2.93. The van der Waals surface area contributed by atoms with Crippen molar-refractivity contribution in [3.8, 4) is 0 Å². The first-order chi connectivity index (χ1) is 9.33. The van der Waals surface area contributed by atoms with Crippen LogP contribution in [-0.2, 0) is 4.79 Å². The normalized spacial score (nSPS) is 32.3. The van der Waals surface area contributed by atoms with Gasteiger partial charge in [0.25, 0.3) is 0 Å². The second-order valence-corrected chi connectivity index (χ2v) is 6.78. The summed E-state index contributed by atoms with van der Waals surface area (Å²) in [4.78, 5) is 14.5. The van der Waals surface area contributed by atoms with Gasteiger partial charge in [-0.3, -0.25) is 4.79 Å². The van der Waals surface area contributed by atoms with Gasteiger partial charge in [0.1, 0.15) is 0 Å². The van der Waals surface area contributed by atoms with Crippen molar-refractivity contribution in [2.45, 2.75) is 63.8 Å². The molecule has 2 heterocycles. The maximum atomic E-state index is 12.3. The molecule has 0 bridgehead atoms. The number of likely N-dealkylation sites (tertiary alicyclic amines) is 1. The fourth-order valence-electron chi connectivity index (χ4n) is 4.24. The zero-order chi connectivity index (χ0) is 13.1. The highest BCUT2D eigenvalue weighted by molar-refractivity contribution is 5.76. The zero-order valence-electron chi connectivity index (χ0n) is 12.1. The van der Waals surface area contributed by atoms with E-state index in [1.54, 1.807) is 0 Å². The quantitative estimate of drug-likeness (QED) is 0.849. The number of piperidine rings is 1. The van der Waals surface area contributed by atoms with E-state index in [1.807, 2.05) is 0 Å². The Kier molecular flexibility index (Phi) is 4.42. The van der Waals surface area contributed by atoms with Crippen molar-refractivity contribution < 1.29 is 4.79 Å². The van der Waals surface area contributed by atoms with Crippen LogP contribution in [0.5, 0.6) is 0 Å². The lowest BCUT2D eigenvalue weighted by Crippen LogP contribution is -2.46. The summed E-state index contributed by atoms with van der Waals surface area (Å²) in [7, 11) is 0. The summed E-state index contributed by atoms with van der Waals surface area (Å²) < 4.78 is 0. The van der Waals surface area contributed by atoms with Crippen LogP contribution in [0, 0.1) is 11.8 Å². The maximum absolute atomic E-state index is 12.3. The lowest BCUT2D eigenvalue weighted by atomic mass is 9.86. The van der Waals surface area contributed by atoms with E-state index in [0.717, 1.165) is 44.3 Å². The largest absolute Gasteiger partial charge is 0.342 e. The fraction of sp³-hybridized carbons (Fsp3) is 0.938. The molecule has 2 aliphatic heterocycles. The number of fused-ring (bicyclic) bond motifs is 1. The molecule has 3 aliphatic rings. The highest BCUT2D eigenvalue weighted by Crippen LogP contribution is 2.29. The van der Waals surface area contributed by atoms with Gasteiger partial charge in [-0.1, -0.05) is 32.1 Å². The highest BCUT2D eigenvalue weighted by Gasteiger charge is 2.34. The summed E-state index contributed by atoms with van der Waals surface area (Å²) in [5.41, 5.74) is 0. The van der Waals surface area contributed by atoms with Gasteiger partial charge in [0.2, 0.25) is 5.91 Å². The Labute approximate surface area is 117 Å². The molecule has 3 rings (SSSR count). The molecule has 3 heteroatoms. The number of hydrogen-bond donors (Lipinski definition) is 1. The third kappa shape index (κ3) is 3.31. The molecule has 3 nitrogen and oxygen atoms in total. The van der Waals surface area contributed by atoms with Gasteiger partial charge in [0, 0.05) is 25.6 Å². The summed E-state index contributed by atoms with van der Waals surface area (Å²) in [5, 5.41) is 3.56. The SMILES string of the molecule is O=C(CCC1CCCCC1)N1CCC2NCCC2C1. The van der Waals surface area contributed by atoms with Crippen LogP contribution < -0.4 is 5.32 Å². The van der Waals surface area contributed by atoms with E-state index in [9.17, 15) is 4.79 Å². The first kappa shape index (κ1) is 13.4. The summed E-state index contributed by atoms with van der Waals surface area (Å²) in [6.45, 7) is 3.15. The molecule has 1 aliphatic carbocycles. The van der Waals surface area contributed by atoms with E-state index in [2.05, 4.69) is 10.2 Å². The van der Waals surface area contributed by atoms with Gasteiger partial charge >= 0.3 is 0 Å². The highest BCUT2D eigenvalue weighted by atomic mass is 16.2. The number of nitrogens with zero attached hydrogens (tertiary/aromatic N) is 1. The molecule has 0 spiro atoms. The fourth-order valence-corrected chi connectivity index (χ4v) is 4.24. The molecule has 2 saturated heterocycles. The Morgan fingerprint density at radius 2 is 1.95 bits per heavy atom. The van der Waals surface area contributed by atoms with E-state index in [-0.39, 0.29) is 0 Å². The van der Waals surface area contributed by atoms with Gasteiger partial charge in [-0.25, -0.2) is 0 Å². The molecular formula is C16H28N2O. The van der Waals surface area contributed by atoms with E-state index in [0.29, 0.717) is 11.9 Å². The van der Waals surface area contributed by atoms with E-state index < -0.39 is 0 Å². The lowest BCUT2D eigenvalue weighted by molar-refractivity contribution is -0.133. The Balaban J connectivity index is 1.42. The van der Waals surface area contributed by atoms with Gasteiger partial charge in [-0.15, -0.1) is 0 Å². The smallest absolute Gasteiger partial charge is 0.222 e. The third-order valence-corrected chi connectivity index (χ3v) is 5.50. The topological polar surface area (TPSA) is 32.3 Å². The summed E-state index contributed by atoms with van der Waals surface area (Å²) in [5.74, 6) is 1.99. The minimum absolute atomic E-state index is 0.427. The van der Waals surface area contributed by atoms with E-state index in [1.165, 1.54) is 44.9 Å². The number of amides is 1. The molecule has 1 N–H and O–H groups in total. The monoisotopic (exact) mass is 264 g/mol. The van der Waals surface area contributed by atoms with Crippen LogP contribution in [0.4, 0.5) is 0 Å². The number of carbonyl (C=O) groups excluding carboxylic acids is 1. The number of hydrogen-bond acceptors (Lipinski definition) is 2. The second-order valence-electron chi connectivity index (χ2n) is 6.78. The maximum Gasteiger partial charge on any atom is 0.222 e. The minimum Gasteiger partial charge on any atom is -0.342 e. The molecule has 0 aromatic rings. The minimum atomic E-state index is 0.427. The first-order valence-corrected chi connectivity index (χ1v) is 8.34. The molecule has 19 heavy (non-hydrogen) atoms. The summed E-state index contributed by atoms with van der Waals surface area (Å²) in [6, 6.07) is 0.697. The van der Waals surface area contributed by atoms with Gasteiger partial charge in [-0.2, -0.15) is 0 Å². The van der Waals surface area contributed by atoms with Gasteiger partial charge in [0.15, 0.2) is 0 Å². The van der Waals surface area contributed by atoms with Gasteiger partial charge in [-0.05, 0) is 37.6 Å².